The molecular formula is C15H17NO3. The van der Waals surface area contributed by atoms with E-state index < -0.39 is 5.97 Å². The Balaban J connectivity index is 2.60. The third kappa shape index (κ3) is 2.67. The van der Waals surface area contributed by atoms with Gasteiger partial charge < -0.3 is 9.67 Å². The van der Waals surface area contributed by atoms with Gasteiger partial charge in [0.05, 0.1) is 0 Å². The Bertz CT molecular complexity index is 693. The van der Waals surface area contributed by atoms with E-state index in [4.69, 9.17) is 5.11 Å². The highest BCUT2D eigenvalue weighted by Gasteiger charge is 2.14. The second kappa shape index (κ2) is 4.53. The molecular weight excluding hydrogens is 242 g/mol. The number of pyridine rings is 1. The number of aromatic nitrogens is 1. The van der Waals surface area contributed by atoms with Crippen molar-refractivity contribution in [2.45, 2.75) is 32.7 Å². The van der Waals surface area contributed by atoms with Crippen molar-refractivity contribution >= 4 is 16.7 Å². The maximum absolute atomic E-state index is 12.1. The lowest BCUT2D eigenvalue weighted by molar-refractivity contribution is -0.137. The van der Waals surface area contributed by atoms with Crippen molar-refractivity contribution < 1.29 is 9.90 Å². The highest BCUT2D eigenvalue weighted by Crippen LogP contribution is 2.24. The summed E-state index contributed by atoms with van der Waals surface area (Å²) in [6.07, 6.45) is 1.53. The van der Waals surface area contributed by atoms with Gasteiger partial charge in [-0.05, 0) is 28.5 Å². The van der Waals surface area contributed by atoms with Crippen LogP contribution in [0.3, 0.4) is 0 Å². The van der Waals surface area contributed by atoms with Crippen LogP contribution < -0.4 is 5.56 Å². The molecule has 2 aromatic rings. The average Bonchev–Trinajstić information content (AvgIpc) is 2.31. The summed E-state index contributed by atoms with van der Waals surface area (Å²) in [5.74, 6) is -1.02. The molecule has 1 N–H and O–H groups in total. The molecule has 1 aromatic carbocycles. The Kier molecular flexibility index (Phi) is 3.18. The van der Waals surface area contributed by atoms with Crippen LogP contribution in [0, 0.1) is 0 Å². The summed E-state index contributed by atoms with van der Waals surface area (Å²) in [4.78, 5) is 22.8. The number of nitrogens with zero attached hydrogens (tertiary/aromatic N) is 1. The van der Waals surface area contributed by atoms with Gasteiger partial charge in [0.15, 0.2) is 0 Å². The van der Waals surface area contributed by atoms with E-state index in [1.165, 1.54) is 10.8 Å². The minimum atomic E-state index is -1.02. The number of benzene rings is 1. The van der Waals surface area contributed by atoms with Crippen LogP contribution in [0.5, 0.6) is 0 Å². The minimum Gasteiger partial charge on any atom is -0.480 e. The molecule has 4 heteroatoms. The van der Waals surface area contributed by atoms with Crippen LogP contribution in [-0.2, 0) is 16.8 Å². The molecule has 2 rings (SSSR count). The molecule has 0 atom stereocenters. The summed E-state index contributed by atoms with van der Waals surface area (Å²) in [6, 6.07) is 7.47. The second-order valence-corrected chi connectivity index (χ2v) is 5.69. The number of hydrogen-bond acceptors (Lipinski definition) is 2. The standard InChI is InChI=1S/C15H17NO3/c1-15(2,3)11-4-5-12-10(8-11)6-7-16(14(12)19)9-13(17)18/h4-8H,9H2,1-3H3,(H,17,18). The molecule has 1 heterocycles. The zero-order valence-electron chi connectivity index (χ0n) is 11.3. The molecule has 0 unspecified atom stereocenters. The van der Waals surface area contributed by atoms with Gasteiger partial charge in [0.2, 0.25) is 0 Å². The quantitative estimate of drug-likeness (QED) is 0.900. The number of carbonyl (C=O) groups is 1. The fraction of sp³-hybridized carbons (Fsp3) is 0.333. The lowest BCUT2D eigenvalue weighted by atomic mass is 9.86. The third-order valence-corrected chi connectivity index (χ3v) is 3.15. The van der Waals surface area contributed by atoms with Crippen LogP contribution in [0.15, 0.2) is 35.3 Å². The molecule has 0 aliphatic carbocycles. The van der Waals surface area contributed by atoms with E-state index in [0.29, 0.717) is 5.39 Å². The van der Waals surface area contributed by atoms with Gasteiger partial charge in [-0.15, -0.1) is 0 Å². The highest BCUT2D eigenvalue weighted by atomic mass is 16.4. The average molecular weight is 259 g/mol. The van der Waals surface area contributed by atoms with Crippen LogP contribution >= 0.6 is 0 Å². The van der Waals surface area contributed by atoms with Crippen LogP contribution in [-0.4, -0.2) is 15.6 Å². The fourth-order valence-corrected chi connectivity index (χ4v) is 2.02. The van der Waals surface area contributed by atoms with E-state index in [2.05, 4.69) is 20.8 Å². The molecule has 100 valence electrons. The molecule has 0 aliphatic rings. The number of rotatable bonds is 2. The first-order valence-electron chi connectivity index (χ1n) is 6.14. The van der Waals surface area contributed by atoms with E-state index in [9.17, 15) is 9.59 Å². The molecule has 0 spiro atoms. The van der Waals surface area contributed by atoms with Gasteiger partial charge in [-0.2, -0.15) is 0 Å². The molecule has 1 aromatic heterocycles. The van der Waals surface area contributed by atoms with E-state index in [0.717, 1.165) is 10.9 Å². The maximum Gasteiger partial charge on any atom is 0.323 e. The van der Waals surface area contributed by atoms with Crippen LogP contribution in [0.25, 0.3) is 10.8 Å². The zero-order valence-corrected chi connectivity index (χ0v) is 11.3. The molecule has 19 heavy (non-hydrogen) atoms. The number of aliphatic carboxylic acids is 1. The predicted octanol–water partition coefficient (Wildman–Crippen LogP) is 2.38. The summed E-state index contributed by atoms with van der Waals surface area (Å²) in [6.45, 7) is 6.02. The molecule has 0 saturated carbocycles. The van der Waals surface area contributed by atoms with Gasteiger partial charge in [0.25, 0.3) is 5.56 Å². The Labute approximate surface area is 111 Å². The first-order chi connectivity index (χ1) is 8.79. The largest absolute Gasteiger partial charge is 0.480 e. The lowest BCUT2D eigenvalue weighted by Crippen LogP contribution is -2.23. The number of hydrogen-bond donors (Lipinski definition) is 1. The molecule has 0 radical (unpaired) electrons. The van der Waals surface area contributed by atoms with Crippen molar-refractivity contribution in [2.24, 2.45) is 0 Å². The van der Waals surface area contributed by atoms with Crippen LogP contribution in [0.4, 0.5) is 0 Å². The van der Waals surface area contributed by atoms with Crippen LogP contribution in [0.1, 0.15) is 26.3 Å². The Morgan fingerprint density at radius 1 is 1.26 bits per heavy atom. The second-order valence-electron chi connectivity index (χ2n) is 5.69. The van der Waals surface area contributed by atoms with E-state index in [1.54, 1.807) is 12.1 Å². The van der Waals surface area contributed by atoms with E-state index >= 15 is 0 Å². The molecule has 0 bridgehead atoms. The van der Waals surface area contributed by atoms with Crippen molar-refractivity contribution in [3.63, 3.8) is 0 Å². The zero-order chi connectivity index (χ0) is 14.2. The molecule has 0 amide bonds. The van der Waals surface area contributed by atoms with Gasteiger partial charge >= 0.3 is 5.97 Å². The minimum absolute atomic E-state index is 0.0180. The highest BCUT2D eigenvalue weighted by molar-refractivity contribution is 5.82. The topological polar surface area (TPSA) is 59.3 Å². The summed E-state index contributed by atoms with van der Waals surface area (Å²) < 4.78 is 1.21. The molecule has 0 fully saturated rings. The summed E-state index contributed by atoms with van der Waals surface area (Å²) >= 11 is 0. The van der Waals surface area contributed by atoms with Gasteiger partial charge in [-0.1, -0.05) is 32.9 Å². The maximum atomic E-state index is 12.1. The Hall–Kier alpha value is -2.10. The van der Waals surface area contributed by atoms with Crippen molar-refractivity contribution in [2.75, 3.05) is 0 Å². The summed E-state index contributed by atoms with van der Waals surface area (Å²) in [5.41, 5.74) is 0.903. The number of carboxylic acid groups (broad SMARTS) is 1. The predicted molar refractivity (Wildman–Crippen MR) is 74.5 cm³/mol. The summed E-state index contributed by atoms with van der Waals surface area (Å²) in [5, 5.41) is 10.2. The first kappa shape index (κ1) is 13.3. The van der Waals surface area contributed by atoms with Gasteiger partial charge in [0.1, 0.15) is 6.54 Å². The molecule has 0 saturated heterocycles. The van der Waals surface area contributed by atoms with Gasteiger partial charge in [0, 0.05) is 11.6 Å². The Morgan fingerprint density at radius 3 is 2.53 bits per heavy atom. The Morgan fingerprint density at radius 2 is 1.95 bits per heavy atom. The number of fused-ring (bicyclic) bond motifs is 1. The monoisotopic (exact) mass is 259 g/mol. The summed E-state index contributed by atoms with van der Waals surface area (Å²) in [7, 11) is 0. The third-order valence-electron chi connectivity index (χ3n) is 3.15. The van der Waals surface area contributed by atoms with Gasteiger partial charge in [-0.3, -0.25) is 9.59 Å². The van der Waals surface area contributed by atoms with Crippen molar-refractivity contribution in [1.29, 1.82) is 0 Å². The van der Waals surface area contributed by atoms with Crippen molar-refractivity contribution in [1.82, 2.24) is 4.57 Å². The van der Waals surface area contributed by atoms with Crippen LogP contribution in [0.2, 0.25) is 0 Å². The number of carboxylic acids is 1. The first-order valence-corrected chi connectivity index (χ1v) is 6.14. The molecule has 0 aliphatic heterocycles. The normalized spacial score (nSPS) is 11.7. The van der Waals surface area contributed by atoms with Gasteiger partial charge in [-0.25, -0.2) is 0 Å². The smallest absolute Gasteiger partial charge is 0.323 e. The molecule has 4 nitrogen and oxygen atoms in total. The van der Waals surface area contributed by atoms with E-state index in [-0.39, 0.29) is 17.5 Å². The van der Waals surface area contributed by atoms with Crippen molar-refractivity contribution in [3.8, 4) is 0 Å². The van der Waals surface area contributed by atoms with Crippen molar-refractivity contribution in [3.05, 3.63) is 46.4 Å². The SMILES string of the molecule is CC(C)(C)c1ccc2c(=O)n(CC(=O)O)ccc2c1. The fourth-order valence-electron chi connectivity index (χ4n) is 2.02. The lowest BCUT2D eigenvalue weighted by Gasteiger charge is -2.19. The van der Waals surface area contributed by atoms with E-state index in [1.807, 2.05) is 12.1 Å².